The maximum absolute atomic E-state index is 5.17. The summed E-state index contributed by atoms with van der Waals surface area (Å²) in [4.78, 5) is 0. The molecule has 2 nitrogen and oxygen atoms in total. The summed E-state index contributed by atoms with van der Waals surface area (Å²) in [6, 6.07) is 7.97. The number of methoxy groups -OCH3 is 1. The minimum atomic E-state index is 0.881. The molecule has 15 heavy (non-hydrogen) atoms. The van der Waals surface area contributed by atoms with Crippen LogP contribution in [0.3, 0.4) is 0 Å². The molecule has 0 fully saturated rings. The van der Waals surface area contributed by atoms with Crippen molar-refractivity contribution < 1.29 is 4.74 Å². The smallest absolute Gasteiger partial charge is 0.120 e. The number of anilines is 1. The lowest BCUT2D eigenvalue weighted by Crippen LogP contribution is -2.00. The quantitative estimate of drug-likeness (QED) is 0.809. The van der Waals surface area contributed by atoms with Crippen LogP contribution in [0.15, 0.2) is 48.2 Å². The zero-order valence-corrected chi connectivity index (χ0v) is 8.86. The van der Waals surface area contributed by atoms with E-state index in [9.17, 15) is 0 Å². The molecule has 1 aromatic carbocycles. The Morgan fingerprint density at radius 2 is 2.27 bits per heavy atom. The highest BCUT2D eigenvalue weighted by Crippen LogP contribution is 2.20. The summed E-state index contributed by atoms with van der Waals surface area (Å²) < 4.78 is 5.17. The van der Waals surface area contributed by atoms with Gasteiger partial charge in [-0.3, -0.25) is 0 Å². The second-order valence-electron chi connectivity index (χ2n) is 3.52. The normalized spacial score (nSPS) is 14.6. The van der Waals surface area contributed by atoms with E-state index in [-0.39, 0.29) is 0 Å². The molecular weight excluding hydrogens is 186 g/mol. The summed E-state index contributed by atoms with van der Waals surface area (Å²) >= 11 is 0. The third-order valence-electron chi connectivity index (χ3n) is 2.39. The molecule has 0 heterocycles. The molecule has 0 aliphatic heterocycles. The first-order valence-electron chi connectivity index (χ1n) is 5.15. The Labute approximate surface area is 90.3 Å². The van der Waals surface area contributed by atoms with Crippen LogP contribution in [0.4, 0.5) is 5.69 Å². The lowest BCUT2D eigenvalue weighted by molar-refractivity contribution is 0.415. The largest absolute Gasteiger partial charge is 0.497 e. The van der Waals surface area contributed by atoms with Crippen LogP contribution in [0.2, 0.25) is 0 Å². The topological polar surface area (TPSA) is 21.3 Å². The Morgan fingerprint density at radius 1 is 1.33 bits per heavy atom. The molecule has 1 N–H and O–H groups in total. The van der Waals surface area contributed by atoms with Crippen molar-refractivity contribution in [2.24, 2.45) is 0 Å². The molecule has 0 radical (unpaired) electrons. The number of hydrogen-bond acceptors (Lipinski definition) is 2. The fourth-order valence-electron chi connectivity index (χ4n) is 1.59. The van der Waals surface area contributed by atoms with Crippen LogP contribution in [-0.4, -0.2) is 7.11 Å². The van der Waals surface area contributed by atoms with E-state index < -0.39 is 0 Å². The van der Waals surface area contributed by atoms with Gasteiger partial charge >= 0.3 is 0 Å². The molecule has 0 spiro atoms. The van der Waals surface area contributed by atoms with Crippen LogP contribution >= 0.6 is 0 Å². The van der Waals surface area contributed by atoms with Gasteiger partial charge in [-0.2, -0.15) is 0 Å². The number of nitrogens with one attached hydrogen (secondary N) is 1. The molecule has 1 aliphatic carbocycles. The maximum Gasteiger partial charge on any atom is 0.120 e. The van der Waals surface area contributed by atoms with Crippen LogP contribution in [0.5, 0.6) is 5.75 Å². The Bertz CT molecular complexity index is 393. The fraction of sp³-hybridized carbons (Fsp3) is 0.231. The van der Waals surface area contributed by atoms with Gasteiger partial charge in [0.2, 0.25) is 0 Å². The Balaban J connectivity index is 2.09. The summed E-state index contributed by atoms with van der Waals surface area (Å²) in [5.41, 5.74) is 2.33. The molecule has 0 bridgehead atoms. The Morgan fingerprint density at radius 3 is 3.00 bits per heavy atom. The lowest BCUT2D eigenvalue weighted by atomic mass is 10.1. The minimum Gasteiger partial charge on any atom is -0.497 e. The van der Waals surface area contributed by atoms with E-state index in [1.165, 1.54) is 5.70 Å². The molecule has 0 atom stereocenters. The molecule has 0 aromatic heterocycles. The number of benzene rings is 1. The molecule has 0 amide bonds. The van der Waals surface area contributed by atoms with Gasteiger partial charge in [0.05, 0.1) is 7.11 Å². The van der Waals surface area contributed by atoms with Crippen molar-refractivity contribution in [3.05, 3.63) is 48.2 Å². The van der Waals surface area contributed by atoms with Gasteiger partial charge in [-0.05, 0) is 31.1 Å². The number of ether oxygens (including phenoxy) is 1. The van der Waals surface area contributed by atoms with Gasteiger partial charge in [0.1, 0.15) is 5.75 Å². The van der Waals surface area contributed by atoms with E-state index in [1.807, 2.05) is 24.3 Å². The molecule has 1 aromatic rings. The summed E-state index contributed by atoms with van der Waals surface area (Å²) in [7, 11) is 1.68. The van der Waals surface area contributed by atoms with Gasteiger partial charge in [-0.1, -0.05) is 18.2 Å². The van der Waals surface area contributed by atoms with E-state index in [0.29, 0.717) is 0 Å². The zero-order valence-electron chi connectivity index (χ0n) is 8.86. The van der Waals surface area contributed by atoms with Crippen molar-refractivity contribution >= 4 is 5.69 Å². The van der Waals surface area contributed by atoms with E-state index in [1.54, 1.807) is 7.11 Å². The molecule has 1 aliphatic rings. The molecule has 0 saturated heterocycles. The number of rotatable bonds is 3. The minimum absolute atomic E-state index is 0.881. The second-order valence-corrected chi connectivity index (χ2v) is 3.52. The second kappa shape index (κ2) is 4.69. The van der Waals surface area contributed by atoms with Gasteiger partial charge in [0.25, 0.3) is 0 Å². The zero-order chi connectivity index (χ0) is 10.5. The maximum atomic E-state index is 5.17. The first-order valence-corrected chi connectivity index (χ1v) is 5.15. The van der Waals surface area contributed by atoms with E-state index in [0.717, 1.165) is 24.3 Å². The Hall–Kier alpha value is -1.70. The van der Waals surface area contributed by atoms with Crippen molar-refractivity contribution in [1.29, 1.82) is 0 Å². The molecule has 2 heteroatoms. The molecular formula is C13H15NO. The van der Waals surface area contributed by atoms with Gasteiger partial charge < -0.3 is 10.1 Å². The standard InChI is InChI=1S/C13H15NO/c1-15-13-9-5-8-12(10-13)14-11-6-3-2-4-7-11/h2-3,5-6,8-10,14H,4,7H2,1H3. The summed E-state index contributed by atoms with van der Waals surface area (Å²) in [5.74, 6) is 0.881. The van der Waals surface area contributed by atoms with E-state index >= 15 is 0 Å². The predicted molar refractivity (Wildman–Crippen MR) is 63.1 cm³/mol. The first kappa shape index (κ1) is 9.84. The van der Waals surface area contributed by atoms with E-state index in [2.05, 4.69) is 23.5 Å². The van der Waals surface area contributed by atoms with Gasteiger partial charge in [-0.25, -0.2) is 0 Å². The van der Waals surface area contributed by atoms with Crippen LogP contribution in [0, 0.1) is 0 Å². The Kier molecular flexibility index (Phi) is 3.08. The highest BCUT2D eigenvalue weighted by Gasteiger charge is 2.00. The third-order valence-corrected chi connectivity index (χ3v) is 2.39. The monoisotopic (exact) mass is 201 g/mol. The molecule has 0 saturated carbocycles. The molecule has 2 rings (SSSR count). The van der Waals surface area contributed by atoms with Crippen molar-refractivity contribution in [3.63, 3.8) is 0 Å². The van der Waals surface area contributed by atoms with Crippen molar-refractivity contribution in [2.75, 3.05) is 12.4 Å². The average Bonchev–Trinajstić information content (AvgIpc) is 2.31. The predicted octanol–water partition coefficient (Wildman–Crippen LogP) is 3.34. The highest BCUT2D eigenvalue weighted by molar-refractivity contribution is 5.52. The van der Waals surface area contributed by atoms with Crippen molar-refractivity contribution in [2.45, 2.75) is 12.8 Å². The SMILES string of the molecule is COc1cccc(NC2=CC=CCC2)c1. The van der Waals surface area contributed by atoms with Crippen LogP contribution in [0.25, 0.3) is 0 Å². The summed E-state index contributed by atoms with van der Waals surface area (Å²) in [6.07, 6.45) is 8.57. The summed E-state index contributed by atoms with van der Waals surface area (Å²) in [6.45, 7) is 0. The van der Waals surface area contributed by atoms with Gasteiger partial charge in [0.15, 0.2) is 0 Å². The average molecular weight is 201 g/mol. The fourth-order valence-corrected chi connectivity index (χ4v) is 1.59. The van der Waals surface area contributed by atoms with Crippen LogP contribution in [-0.2, 0) is 0 Å². The van der Waals surface area contributed by atoms with Crippen LogP contribution in [0.1, 0.15) is 12.8 Å². The van der Waals surface area contributed by atoms with Crippen molar-refractivity contribution in [3.8, 4) is 5.75 Å². The first-order chi connectivity index (χ1) is 7.38. The van der Waals surface area contributed by atoms with E-state index in [4.69, 9.17) is 4.74 Å². The lowest BCUT2D eigenvalue weighted by Gasteiger charge is -2.12. The van der Waals surface area contributed by atoms with Gasteiger partial charge in [0, 0.05) is 17.5 Å². The molecule has 78 valence electrons. The highest BCUT2D eigenvalue weighted by atomic mass is 16.5. The molecule has 0 unspecified atom stereocenters. The van der Waals surface area contributed by atoms with Crippen LogP contribution < -0.4 is 10.1 Å². The number of allylic oxidation sites excluding steroid dienone is 4. The summed E-state index contributed by atoms with van der Waals surface area (Å²) in [5, 5.41) is 3.39. The van der Waals surface area contributed by atoms with Crippen molar-refractivity contribution in [1.82, 2.24) is 0 Å². The number of hydrogen-bond donors (Lipinski definition) is 1. The van der Waals surface area contributed by atoms with Gasteiger partial charge in [-0.15, -0.1) is 0 Å². The third kappa shape index (κ3) is 2.62.